The second-order valence-electron chi connectivity index (χ2n) is 20.9. The third-order valence-corrected chi connectivity index (χ3v) is 15.4. The van der Waals surface area contributed by atoms with E-state index in [0.29, 0.717) is 0 Å². The van der Waals surface area contributed by atoms with E-state index in [4.69, 9.17) is 0 Å². The zero-order valence-electron chi connectivity index (χ0n) is 44.1. The molecule has 0 fully saturated rings. The number of nitrogens with zero attached hydrogens (tertiary/aromatic N) is 3. The third kappa shape index (κ3) is 9.64. The Morgan fingerprint density at radius 3 is 2.03 bits per heavy atom. The molecule has 0 saturated carbocycles. The van der Waals surface area contributed by atoms with E-state index >= 15 is 0 Å². The molecule has 0 atom stereocenters. The normalized spacial score (nSPS) is 18.0. The summed E-state index contributed by atoms with van der Waals surface area (Å²) in [5.74, 6) is 0. The summed E-state index contributed by atoms with van der Waals surface area (Å²) in [6.45, 7) is 24.7. The Morgan fingerprint density at radius 2 is 1.35 bits per heavy atom. The van der Waals surface area contributed by atoms with Crippen LogP contribution in [0.3, 0.4) is 0 Å². The van der Waals surface area contributed by atoms with Crippen molar-refractivity contribution >= 4 is 38.6 Å². The van der Waals surface area contributed by atoms with Gasteiger partial charge in [0, 0.05) is 58.9 Å². The summed E-state index contributed by atoms with van der Waals surface area (Å²) in [6.07, 6.45) is 28.1. The largest absolute Gasteiger partial charge is 0.344 e. The van der Waals surface area contributed by atoms with E-state index in [2.05, 4.69) is 266 Å². The summed E-state index contributed by atoms with van der Waals surface area (Å²) < 4.78 is 2.62. The van der Waals surface area contributed by atoms with Crippen molar-refractivity contribution in [1.82, 2.24) is 4.90 Å². The zero-order chi connectivity index (χ0) is 49.9. The maximum atomic E-state index is 2.62. The van der Waals surface area contributed by atoms with E-state index in [0.717, 1.165) is 45.2 Å². The van der Waals surface area contributed by atoms with Crippen LogP contribution < -0.4 is 4.90 Å². The Bertz CT molecular complexity index is 3280. The summed E-state index contributed by atoms with van der Waals surface area (Å²) in [5, 5.41) is 5.29. The van der Waals surface area contributed by atoms with Crippen molar-refractivity contribution in [2.45, 2.75) is 112 Å². The van der Waals surface area contributed by atoms with Crippen LogP contribution >= 0.6 is 0 Å². The predicted molar refractivity (Wildman–Crippen MR) is 306 cm³/mol. The Hall–Kier alpha value is -6.97. The summed E-state index contributed by atoms with van der Waals surface area (Å²) in [4.78, 5) is 5.15. The molecule has 0 radical (unpaired) electrons. The topological polar surface area (TPSA) is 9.49 Å². The van der Waals surface area contributed by atoms with Gasteiger partial charge in [-0.1, -0.05) is 171 Å². The van der Waals surface area contributed by atoms with Gasteiger partial charge in [-0.05, 0) is 154 Å². The van der Waals surface area contributed by atoms with Gasteiger partial charge in [-0.2, -0.15) is 4.58 Å². The molecule has 360 valence electrons. The van der Waals surface area contributed by atoms with E-state index in [-0.39, 0.29) is 10.8 Å². The highest BCUT2D eigenvalue weighted by Crippen LogP contribution is 2.49. The highest BCUT2D eigenvalue weighted by Gasteiger charge is 2.45. The summed E-state index contributed by atoms with van der Waals surface area (Å²) >= 11 is 0. The van der Waals surface area contributed by atoms with Crippen LogP contribution in [-0.2, 0) is 23.7 Å². The molecule has 3 heteroatoms. The van der Waals surface area contributed by atoms with Gasteiger partial charge in [0.2, 0.25) is 5.69 Å². The van der Waals surface area contributed by atoms with Crippen LogP contribution in [-0.4, -0.2) is 28.3 Å². The average Bonchev–Trinajstić information content (AvgIpc) is 3.93. The average molecular weight is 933 g/mol. The molecule has 1 aliphatic carbocycles. The maximum absolute atomic E-state index is 2.62. The van der Waals surface area contributed by atoms with Gasteiger partial charge in [0.25, 0.3) is 0 Å². The van der Waals surface area contributed by atoms with Gasteiger partial charge in [0.1, 0.15) is 0 Å². The van der Waals surface area contributed by atoms with Crippen LogP contribution in [0.5, 0.6) is 0 Å². The van der Waals surface area contributed by atoms with E-state index in [1.165, 1.54) is 106 Å². The van der Waals surface area contributed by atoms with Crippen LogP contribution in [0.25, 0.3) is 21.5 Å². The molecule has 0 aromatic heterocycles. The zero-order valence-corrected chi connectivity index (χ0v) is 44.1. The number of fused-ring (bicyclic) bond motifs is 4. The van der Waals surface area contributed by atoms with Gasteiger partial charge in [0.05, 0.1) is 11.1 Å². The van der Waals surface area contributed by atoms with Gasteiger partial charge in [0.15, 0.2) is 12.3 Å². The fourth-order valence-corrected chi connectivity index (χ4v) is 11.6. The Labute approximate surface area is 425 Å². The smallest absolute Gasteiger partial charge is 0.209 e. The third-order valence-electron chi connectivity index (χ3n) is 15.4. The molecule has 0 saturated heterocycles. The predicted octanol–water partition coefficient (Wildman–Crippen LogP) is 17.3. The first kappa shape index (κ1) is 49.0. The van der Waals surface area contributed by atoms with Crippen LogP contribution in [0.2, 0.25) is 0 Å². The van der Waals surface area contributed by atoms with E-state index in [1.54, 1.807) is 0 Å². The molecular weight excluding hydrogens is 859 g/mol. The van der Waals surface area contributed by atoms with Crippen LogP contribution in [0.4, 0.5) is 11.4 Å². The van der Waals surface area contributed by atoms with Crippen molar-refractivity contribution in [3.8, 4) is 0 Å². The quantitative estimate of drug-likeness (QED) is 0.0750. The molecule has 3 aliphatic rings. The molecule has 0 spiro atoms. The lowest BCUT2D eigenvalue weighted by Crippen LogP contribution is -2.28. The van der Waals surface area contributed by atoms with Gasteiger partial charge in [-0.25, -0.2) is 0 Å². The highest BCUT2D eigenvalue weighted by molar-refractivity contribution is 6.03. The number of allylic oxidation sites excluding steroid dienone is 14. The van der Waals surface area contributed by atoms with E-state index in [1.807, 2.05) is 0 Å². The molecule has 2 heterocycles. The SMILES string of the molecule is C/C=C\C=C(/C)N(C1=C(/C=C/C2=[N+](CCc3cccc4ccccc34)c3ccc(C)cc3C2(C)C)CC/C1=C\C=C1\N(CCc2cccc3ccccc23)c2ccc(C)cc2C1(C)C)C(/C=C\CC)=C/C. The van der Waals surface area contributed by atoms with E-state index in [9.17, 15) is 0 Å². The second kappa shape index (κ2) is 20.8. The Morgan fingerprint density at radius 1 is 0.704 bits per heavy atom. The molecule has 6 aromatic rings. The molecule has 0 N–H and O–H groups in total. The molecule has 6 aromatic carbocycles. The van der Waals surface area contributed by atoms with Crippen molar-refractivity contribution in [3.05, 3.63) is 249 Å². The van der Waals surface area contributed by atoms with Gasteiger partial charge < -0.3 is 9.80 Å². The first-order chi connectivity index (χ1) is 34.3. The maximum Gasteiger partial charge on any atom is 0.209 e. The van der Waals surface area contributed by atoms with Crippen molar-refractivity contribution in [1.29, 1.82) is 0 Å². The summed E-state index contributed by atoms with van der Waals surface area (Å²) in [7, 11) is 0. The first-order valence-electron chi connectivity index (χ1n) is 26.2. The number of rotatable bonds is 15. The molecule has 3 nitrogen and oxygen atoms in total. The van der Waals surface area contributed by atoms with Crippen LogP contribution in [0.15, 0.2) is 216 Å². The van der Waals surface area contributed by atoms with Gasteiger partial charge >= 0.3 is 0 Å². The summed E-state index contributed by atoms with van der Waals surface area (Å²) in [5.41, 5.74) is 19.5. The fourth-order valence-electron chi connectivity index (χ4n) is 11.6. The number of benzene rings is 6. The van der Waals surface area contributed by atoms with Crippen molar-refractivity contribution in [3.63, 3.8) is 0 Å². The van der Waals surface area contributed by atoms with E-state index < -0.39 is 0 Å². The first-order valence-corrected chi connectivity index (χ1v) is 26.2. The fraction of sp³-hybridized carbons (Fsp3) is 0.279. The lowest BCUT2D eigenvalue weighted by atomic mass is 9.80. The molecule has 2 aliphatic heterocycles. The molecule has 9 rings (SSSR count). The highest BCUT2D eigenvalue weighted by atomic mass is 15.2. The molecule has 0 unspecified atom stereocenters. The summed E-state index contributed by atoms with van der Waals surface area (Å²) in [6, 6.07) is 45.3. The number of hydrogen-bond donors (Lipinski definition) is 0. The molecule has 0 amide bonds. The van der Waals surface area contributed by atoms with Gasteiger partial charge in [-0.15, -0.1) is 0 Å². The van der Waals surface area contributed by atoms with Crippen molar-refractivity contribution < 1.29 is 4.58 Å². The molecule has 0 bridgehead atoms. The van der Waals surface area contributed by atoms with Crippen LogP contribution in [0.1, 0.15) is 108 Å². The molecule has 71 heavy (non-hydrogen) atoms. The minimum Gasteiger partial charge on any atom is -0.344 e. The number of anilines is 1. The Balaban J connectivity index is 1.18. The van der Waals surface area contributed by atoms with Crippen molar-refractivity contribution in [2.75, 3.05) is 18.0 Å². The van der Waals surface area contributed by atoms with Crippen molar-refractivity contribution in [2.24, 2.45) is 0 Å². The monoisotopic (exact) mass is 933 g/mol. The number of aryl methyl sites for hydroxylation is 2. The Kier molecular flexibility index (Phi) is 14.4. The lowest BCUT2D eigenvalue weighted by Gasteiger charge is -2.30. The van der Waals surface area contributed by atoms with Gasteiger partial charge in [-0.3, -0.25) is 0 Å². The standard InChI is InChI=1S/C68H74N3/c1-11-14-22-50(6)71(57(13-3)29-15-12-2)66-55(36-40-64-67(7,8)60-46-48(4)32-38-62(60)69(64)44-42-53-27-20-25-51-23-16-18-30-58(51)53)34-35-56(66)37-41-65-68(9,10)61-47-49(5)33-39-63(61)70(65)45-43-54-28-21-26-52-24-17-19-31-59(52)54/h11,13-33,36-41,46-47H,12,34-35,42-45H2,1-10H3/q+1/b14-11-,29-15-,50-22+,57-13+. The second-order valence-corrected chi connectivity index (χ2v) is 20.9. The minimum atomic E-state index is -0.185. The molecular formula is C68H74N3+. The number of hydrogen-bond acceptors (Lipinski definition) is 2. The lowest BCUT2D eigenvalue weighted by molar-refractivity contribution is -0.436. The van der Waals surface area contributed by atoms with Crippen LogP contribution in [0, 0.1) is 13.8 Å². The minimum absolute atomic E-state index is 0.185.